The van der Waals surface area contributed by atoms with Crippen LogP contribution in [0.1, 0.15) is 40.0 Å². The van der Waals surface area contributed by atoms with Crippen LogP contribution < -0.4 is 5.32 Å². The highest BCUT2D eigenvalue weighted by atomic mass is 16.5. The average Bonchev–Trinajstić information content (AvgIpc) is 2.51. The molecule has 1 rings (SSSR count). The average molecular weight is 228 g/mol. The molecule has 0 radical (unpaired) electrons. The summed E-state index contributed by atoms with van der Waals surface area (Å²) < 4.78 is 5.43. The molecule has 1 aliphatic heterocycles. The van der Waals surface area contributed by atoms with Gasteiger partial charge in [-0.3, -0.25) is 0 Å². The van der Waals surface area contributed by atoms with E-state index in [1.54, 1.807) is 7.11 Å². The van der Waals surface area contributed by atoms with Crippen molar-refractivity contribution < 1.29 is 4.74 Å². The number of nitrogens with one attached hydrogen (secondary N) is 1. The SMILES string of the molecule is CCN1CCCC(NCC(C)(C)OC)CC1. The van der Waals surface area contributed by atoms with Gasteiger partial charge in [0.1, 0.15) is 0 Å². The van der Waals surface area contributed by atoms with E-state index in [2.05, 4.69) is 31.0 Å². The Morgan fingerprint density at radius 3 is 2.69 bits per heavy atom. The molecule has 0 aromatic carbocycles. The second-order valence-electron chi connectivity index (χ2n) is 5.41. The summed E-state index contributed by atoms with van der Waals surface area (Å²) in [5.41, 5.74) is -0.0449. The molecule has 1 aliphatic rings. The van der Waals surface area contributed by atoms with Gasteiger partial charge in [0.05, 0.1) is 5.60 Å². The zero-order chi connectivity index (χ0) is 12.0. The molecule has 3 heteroatoms. The van der Waals surface area contributed by atoms with Crippen molar-refractivity contribution in [2.75, 3.05) is 33.3 Å². The number of ether oxygens (including phenoxy) is 1. The van der Waals surface area contributed by atoms with E-state index in [1.807, 2.05) is 0 Å². The largest absolute Gasteiger partial charge is 0.377 e. The third-order valence-electron chi connectivity index (χ3n) is 3.64. The molecule has 3 nitrogen and oxygen atoms in total. The van der Waals surface area contributed by atoms with Crippen LogP contribution in [0.3, 0.4) is 0 Å². The summed E-state index contributed by atoms with van der Waals surface area (Å²) in [6.07, 6.45) is 3.89. The monoisotopic (exact) mass is 228 g/mol. The Balaban J connectivity index is 2.27. The predicted octanol–water partition coefficient (Wildman–Crippen LogP) is 1.88. The fraction of sp³-hybridized carbons (Fsp3) is 1.00. The van der Waals surface area contributed by atoms with E-state index in [0.717, 1.165) is 6.54 Å². The highest BCUT2D eigenvalue weighted by molar-refractivity contribution is 4.79. The number of hydrogen-bond acceptors (Lipinski definition) is 3. The van der Waals surface area contributed by atoms with Crippen LogP contribution >= 0.6 is 0 Å². The zero-order valence-electron chi connectivity index (χ0n) is 11.4. The first-order valence-corrected chi connectivity index (χ1v) is 6.58. The minimum absolute atomic E-state index is 0.0449. The molecule has 0 aliphatic carbocycles. The van der Waals surface area contributed by atoms with Crippen molar-refractivity contribution in [2.24, 2.45) is 0 Å². The molecule has 1 saturated heterocycles. The highest BCUT2D eigenvalue weighted by Gasteiger charge is 2.20. The van der Waals surface area contributed by atoms with Gasteiger partial charge in [0.2, 0.25) is 0 Å². The minimum Gasteiger partial charge on any atom is -0.377 e. The van der Waals surface area contributed by atoms with E-state index in [0.29, 0.717) is 6.04 Å². The number of hydrogen-bond donors (Lipinski definition) is 1. The molecule has 1 atom stereocenters. The molecule has 16 heavy (non-hydrogen) atoms. The maximum Gasteiger partial charge on any atom is 0.0746 e. The Hall–Kier alpha value is -0.120. The van der Waals surface area contributed by atoms with Gasteiger partial charge in [0.15, 0.2) is 0 Å². The van der Waals surface area contributed by atoms with Gasteiger partial charge in [0.25, 0.3) is 0 Å². The molecule has 1 unspecified atom stereocenters. The van der Waals surface area contributed by atoms with Gasteiger partial charge in [-0.2, -0.15) is 0 Å². The van der Waals surface area contributed by atoms with E-state index >= 15 is 0 Å². The number of methoxy groups -OCH3 is 1. The first kappa shape index (κ1) is 13.9. The van der Waals surface area contributed by atoms with Gasteiger partial charge in [-0.25, -0.2) is 0 Å². The lowest BCUT2D eigenvalue weighted by Gasteiger charge is -2.26. The van der Waals surface area contributed by atoms with E-state index in [4.69, 9.17) is 4.74 Å². The molecule has 1 fully saturated rings. The molecular formula is C13H28N2O. The third-order valence-corrected chi connectivity index (χ3v) is 3.64. The quantitative estimate of drug-likeness (QED) is 0.777. The van der Waals surface area contributed by atoms with E-state index in [1.165, 1.54) is 38.9 Å². The van der Waals surface area contributed by atoms with Crippen molar-refractivity contribution >= 4 is 0 Å². The summed E-state index contributed by atoms with van der Waals surface area (Å²) in [5.74, 6) is 0. The number of rotatable bonds is 5. The van der Waals surface area contributed by atoms with Crippen LogP contribution in [0.15, 0.2) is 0 Å². The Bertz CT molecular complexity index is 194. The predicted molar refractivity (Wildman–Crippen MR) is 68.8 cm³/mol. The molecular weight excluding hydrogens is 200 g/mol. The van der Waals surface area contributed by atoms with E-state index < -0.39 is 0 Å². The van der Waals surface area contributed by atoms with Crippen LogP contribution in [-0.2, 0) is 4.74 Å². The van der Waals surface area contributed by atoms with Crippen LogP contribution in [0.5, 0.6) is 0 Å². The smallest absolute Gasteiger partial charge is 0.0746 e. The van der Waals surface area contributed by atoms with Crippen LogP contribution in [0.25, 0.3) is 0 Å². The standard InChI is InChI=1S/C13H28N2O/c1-5-15-9-6-7-12(8-10-15)14-11-13(2,3)16-4/h12,14H,5-11H2,1-4H3. The van der Waals surface area contributed by atoms with Crippen molar-refractivity contribution in [1.29, 1.82) is 0 Å². The Morgan fingerprint density at radius 2 is 2.06 bits per heavy atom. The lowest BCUT2D eigenvalue weighted by atomic mass is 10.1. The summed E-state index contributed by atoms with van der Waals surface area (Å²) in [7, 11) is 1.79. The summed E-state index contributed by atoms with van der Waals surface area (Å²) in [5, 5.41) is 3.65. The molecule has 0 aromatic heterocycles. The van der Waals surface area contributed by atoms with Gasteiger partial charge in [-0.1, -0.05) is 6.92 Å². The fourth-order valence-electron chi connectivity index (χ4n) is 2.14. The molecule has 0 saturated carbocycles. The van der Waals surface area contributed by atoms with Gasteiger partial charge in [-0.05, 0) is 52.7 Å². The van der Waals surface area contributed by atoms with Gasteiger partial charge < -0.3 is 15.0 Å². The molecule has 1 N–H and O–H groups in total. The number of nitrogens with zero attached hydrogens (tertiary/aromatic N) is 1. The molecule has 1 heterocycles. The molecule has 96 valence electrons. The van der Waals surface area contributed by atoms with Crippen molar-refractivity contribution in [3.8, 4) is 0 Å². The lowest BCUT2D eigenvalue weighted by molar-refractivity contribution is 0.0207. The Labute approximate surface area is 101 Å². The van der Waals surface area contributed by atoms with Crippen molar-refractivity contribution in [1.82, 2.24) is 10.2 Å². The van der Waals surface area contributed by atoms with Crippen LogP contribution in [0.2, 0.25) is 0 Å². The fourth-order valence-corrected chi connectivity index (χ4v) is 2.14. The lowest BCUT2D eigenvalue weighted by Crippen LogP contribution is -2.42. The van der Waals surface area contributed by atoms with Gasteiger partial charge in [0, 0.05) is 19.7 Å². The van der Waals surface area contributed by atoms with Crippen molar-refractivity contribution in [2.45, 2.75) is 51.7 Å². The second-order valence-corrected chi connectivity index (χ2v) is 5.41. The number of likely N-dealkylation sites (tertiary alicyclic amines) is 1. The molecule has 0 spiro atoms. The first-order valence-electron chi connectivity index (χ1n) is 6.58. The molecule has 0 aromatic rings. The third kappa shape index (κ3) is 4.81. The summed E-state index contributed by atoms with van der Waals surface area (Å²) in [4.78, 5) is 2.54. The van der Waals surface area contributed by atoms with Crippen LogP contribution in [-0.4, -0.2) is 49.8 Å². The van der Waals surface area contributed by atoms with E-state index in [-0.39, 0.29) is 5.60 Å². The summed E-state index contributed by atoms with van der Waals surface area (Å²) in [6.45, 7) is 11.2. The zero-order valence-corrected chi connectivity index (χ0v) is 11.4. The second kappa shape index (κ2) is 6.58. The molecule has 0 amide bonds. The van der Waals surface area contributed by atoms with Gasteiger partial charge in [-0.15, -0.1) is 0 Å². The molecule has 0 bridgehead atoms. The van der Waals surface area contributed by atoms with Crippen LogP contribution in [0, 0.1) is 0 Å². The first-order chi connectivity index (χ1) is 7.57. The van der Waals surface area contributed by atoms with Crippen LogP contribution in [0.4, 0.5) is 0 Å². The maximum atomic E-state index is 5.43. The van der Waals surface area contributed by atoms with E-state index in [9.17, 15) is 0 Å². The summed E-state index contributed by atoms with van der Waals surface area (Å²) in [6, 6.07) is 0.672. The van der Waals surface area contributed by atoms with Gasteiger partial charge >= 0.3 is 0 Å². The summed E-state index contributed by atoms with van der Waals surface area (Å²) >= 11 is 0. The normalized spacial score (nSPS) is 24.4. The van der Waals surface area contributed by atoms with Crippen molar-refractivity contribution in [3.05, 3.63) is 0 Å². The Kier molecular flexibility index (Phi) is 5.73. The Morgan fingerprint density at radius 1 is 1.31 bits per heavy atom. The topological polar surface area (TPSA) is 24.5 Å². The maximum absolute atomic E-state index is 5.43. The van der Waals surface area contributed by atoms with Crippen molar-refractivity contribution in [3.63, 3.8) is 0 Å². The highest BCUT2D eigenvalue weighted by Crippen LogP contribution is 2.12. The minimum atomic E-state index is -0.0449.